The van der Waals surface area contributed by atoms with Crippen LogP contribution in [0.1, 0.15) is 25.5 Å². The molecule has 0 aromatic carbocycles. The van der Waals surface area contributed by atoms with E-state index in [0.29, 0.717) is 12.1 Å². The smallest absolute Gasteiger partial charge is 0.276 e. The molecule has 0 aliphatic heterocycles. The lowest BCUT2D eigenvalue weighted by Crippen LogP contribution is -2.32. The number of rotatable bonds is 4. The highest BCUT2D eigenvalue weighted by molar-refractivity contribution is 5.44. The number of aromatic nitrogens is 3. The van der Waals surface area contributed by atoms with Gasteiger partial charge in [-0.05, 0) is 19.4 Å². The van der Waals surface area contributed by atoms with E-state index in [1.165, 1.54) is 0 Å². The number of fused-ring (bicyclic) bond motifs is 1. The van der Waals surface area contributed by atoms with Gasteiger partial charge in [-0.3, -0.25) is 4.79 Å². The molecular formula is C12H18N4O. The fourth-order valence-corrected chi connectivity index (χ4v) is 2.01. The molecule has 2 aromatic heterocycles. The van der Waals surface area contributed by atoms with Crippen molar-refractivity contribution in [1.82, 2.24) is 14.2 Å². The zero-order chi connectivity index (χ0) is 12.4. The first-order chi connectivity index (χ1) is 8.11. The van der Waals surface area contributed by atoms with Crippen molar-refractivity contribution in [3.63, 3.8) is 0 Å². The topological polar surface area (TPSA) is 65.3 Å². The lowest BCUT2D eigenvalue weighted by molar-refractivity contribution is 0.503. The van der Waals surface area contributed by atoms with Crippen molar-refractivity contribution in [2.75, 3.05) is 0 Å². The summed E-state index contributed by atoms with van der Waals surface area (Å²) in [5.41, 5.74) is 7.37. The van der Waals surface area contributed by atoms with Crippen LogP contribution in [0.5, 0.6) is 0 Å². The molecule has 0 fully saturated rings. The molecule has 5 nitrogen and oxygen atoms in total. The average Bonchev–Trinajstić information content (AvgIpc) is 2.64. The van der Waals surface area contributed by atoms with E-state index in [1.807, 2.05) is 6.92 Å². The van der Waals surface area contributed by atoms with Crippen LogP contribution in [0.4, 0.5) is 0 Å². The Morgan fingerprint density at radius 2 is 2.24 bits per heavy atom. The van der Waals surface area contributed by atoms with E-state index < -0.39 is 0 Å². The fraction of sp³-hybridized carbons (Fsp3) is 0.500. The Kier molecular flexibility index (Phi) is 3.28. The van der Waals surface area contributed by atoms with Gasteiger partial charge in [0, 0.05) is 25.0 Å². The second-order valence-corrected chi connectivity index (χ2v) is 4.42. The first-order valence-electron chi connectivity index (χ1n) is 5.93. The number of hydrogen-bond acceptors (Lipinski definition) is 3. The molecule has 0 aliphatic carbocycles. The Bertz CT molecular complexity index is 569. The van der Waals surface area contributed by atoms with Crippen molar-refractivity contribution in [3.8, 4) is 0 Å². The molecule has 17 heavy (non-hydrogen) atoms. The van der Waals surface area contributed by atoms with Crippen molar-refractivity contribution >= 4 is 5.52 Å². The van der Waals surface area contributed by atoms with Crippen LogP contribution in [0.2, 0.25) is 0 Å². The van der Waals surface area contributed by atoms with Crippen molar-refractivity contribution in [3.05, 3.63) is 34.5 Å². The second kappa shape index (κ2) is 4.71. The maximum absolute atomic E-state index is 12.1. The molecule has 0 spiro atoms. The van der Waals surface area contributed by atoms with Crippen molar-refractivity contribution in [1.29, 1.82) is 0 Å². The SMILES string of the molecule is CCCC(N)Cn1ccn2nc(C)cc2c1=O. The highest BCUT2D eigenvalue weighted by atomic mass is 16.1. The van der Waals surface area contributed by atoms with Crippen molar-refractivity contribution in [2.24, 2.45) is 5.73 Å². The van der Waals surface area contributed by atoms with Crippen LogP contribution in [0.3, 0.4) is 0 Å². The zero-order valence-corrected chi connectivity index (χ0v) is 10.3. The van der Waals surface area contributed by atoms with E-state index in [0.717, 1.165) is 18.5 Å². The van der Waals surface area contributed by atoms with E-state index in [1.54, 1.807) is 27.5 Å². The summed E-state index contributed by atoms with van der Waals surface area (Å²) in [4.78, 5) is 12.1. The van der Waals surface area contributed by atoms with Gasteiger partial charge in [0.15, 0.2) is 0 Å². The lowest BCUT2D eigenvalue weighted by atomic mass is 10.2. The molecule has 5 heteroatoms. The van der Waals surface area contributed by atoms with Gasteiger partial charge in [0.2, 0.25) is 0 Å². The Balaban J connectivity index is 2.35. The third-order valence-corrected chi connectivity index (χ3v) is 2.82. The van der Waals surface area contributed by atoms with Gasteiger partial charge in [0.05, 0.1) is 5.69 Å². The Hall–Kier alpha value is -1.62. The summed E-state index contributed by atoms with van der Waals surface area (Å²) in [7, 11) is 0. The quantitative estimate of drug-likeness (QED) is 0.856. The zero-order valence-electron chi connectivity index (χ0n) is 10.3. The molecule has 0 radical (unpaired) electrons. The van der Waals surface area contributed by atoms with E-state index in [2.05, 4.69) is 12.0 Å². The molecule has 0 saturated heterocycles. The van der Waals surface area contributed by atoms with Gasteiger partial charge >= 0.3 is 0 Å². The number of aryl methyl sites for hydroxylation is 1. The molecule has 2 heterocycles. The van der Waals surface area contributed by atoms with Gasteiger partial charge in [0.1, 0.15) is 5.52 Å². The average molecular weight is 234 g/mol. The third-order valence-electron chi connectivity index (χ3n) is 2.82. The molecule has 0 saturated carbocycles. The molecular weight excluding hydrogens is 216 g/mol. The van der Waals surface area contributed by atoms with Gasteiger partial charge in [-0.1, -0.05) is 13.3 Å². The van der Waals surface area contributed by atoms with Gasteiger partial charge in [-0.15, -0.1) is 0 Å². The molecule has 1 unspecified atom stereocenters. The molecule has 0 amide bonds. The third kappa shape index (κ3) is 2.39. The monoisotopic (exact) mass is 234 g/mol. The van der Waals surface area contributed by atoms with Crippen LogP contribution in [0.25, 0.3) is 5.52 Å². The predicted molar refractivity (Wildman–Crippen MR) is 67.1 cm³/mol. The maximum Gasteiger partial charge on any atom is 0.276 e. The van der Waals surface area contributed by atoms with Crippen molar-refractivity contribution < 1.29 is 0 Å². The van der Waals surface area contributed by atoms with Crippen LogP contribution >= 0.6 is 0 Å². The van der Waals surface area contributed by atoms with E-state index in [-0.39, 0.29) is 11.6 Å². The highest BCUT2D eigenvalue weighted by Gasteiger charge is 2.08. The molecule has 2 N–H and O–H groups in total. The Labute approximate surface area is 99.9 Å². The number of nitrogens with two attached hydrogens (primary N) is 1. The summed E-state index contributed by atoms with van der Waals surface area (Å²) in [6, 6.07) is 1.83. The summed E-state index contributed by atoms with van der Waals surface area (Å²) in [5.74, 6) is 0. The molecule has 0 bridgehead atoms. The normalized spacial score (nSPS) is 13.1. The second-order valence-electron chi connectivity index (χ2n) is 4.42. The van der Waals surface area contributed by atoms with E-state index in [9.17, 15) is 4.79 Å². The van der Waals surface area contributed by atoms with E-state index >= 15 is 0 Å². The summed E-state index contributed by atoms with van der Waals surface area (Å²) in [6.07, 6.45) is 5.50. The van der Waals surface area contributed by atoms with Gasteiger partial charge in [0.25, 0.3) is 5.56 Å². The summed E-state index contributed by atoms with van der Waals surface area (Å²) in [6.45, 7) is 4.53. The lowest BCUT2D eigenvalue weighted by Gasteiger charge is -2.12. The van der Waals surface area contributed by atoms with Crippen LogP contribution in [0, 0.1) is 6.92 Å². The predicted octanol–water partition coefficient (Wildman–Crippen LogP) is 0.932. The molecule has 0 aliphatic rings. The van der Waals surface area contributed by atoms with Gasteiger partial charge < -0.3 is 10.3 Å². The highest BCUT2D eigenvalue weighted by Crippen LogP contribution is 2.01. The minimum absolute atomic E-state index is 0.0281. The maximum atomic E-state index is 12.1. The van der Waals surface area contributed by atoms with Gasteiger partial charge in [-0.2, -0.15) is 5.10 Å². The van der Waals surface area contributed by atoms with Crippen molar-refractivity contribution in [2.45, 2.75) is 39.3 Å². The first-order valence-corrected chi connectivity index (χ1v) is 5.93. The molecule has 92 valence electrons. The number of hydrogen-bond donors (Lipinski definition) is 1. The first kappa shape index (κ1) is 11.9. The Morgan fingerprint density at radius 1 is 1.47 bits per heavy atom. The van der Waals surface area contributed by atoms with E-state index in [4.69, 9.17) is 5.73 Å². The van der Waals surface area contributed by atoms with Crippen LogP contribution in [-0.4, -0.2) is 20.2 Å². The molecule has 2 aromatic rings. The number of nitrogens with zero attached hydrogens (tertiary/aromatic N) is 3. The summed E-state index contributed by atoms with van der Waals surface area (Å²) >= 11 is 0. The molecule has 1 atom stereocenters. The largest absolute Gasteiger partial charge is 0.326 e. The minimum Gasteiger partial charge on any atom is -0.326 e. The Morgan fingerprint density at radius 3 is 2.94 bits per heavy atom. The summed E-state index contributed by atoms with van der Waals surface area (Å²) < 4.78 is 3.27. The summed E-state index contributed by atoms with van der Waals surface area (Å²) in [5, 5.41) is 4.20. The minimum atomic E-state index is -0.0281. The van der Waals surface area contributed by atoms with Crippen LogP contribution in [-0.2, 0) is 6.54 Å². The molecule has 2 rings (SSSR count). The van der Waals surface area contributed by atoms with Gasteiger partial charge in [-0.25, -0.2) is 4.52 Å². The fourth-order valence-electron chi connectivity index (χ4n) is 2.01. The van der Waals surface area contributed by atoms with Crippen LogP contribution < -0.4 is 11.3 Å². The van der Waals surface area contributed by atoms with Crippen LogP contribution in [0.15, 0.2) is 23.3 Å². The standard InChI is InChI=1S/C12H18N4O/c1-3-4-10(13)8-15-5-6-16-11(12(15)17)7-9(2)14-16/h5-7,10H,3-4,8,13H2,1-2H3.